The highest BCUT2D eigenvalue weighted by Crippen LogP contribution is 2.21. The van der Waals surface area contributed by atoms with Crippen molar-refractivity contribution in [2.75, 3.05) is 26.2 Å². The second-order valence-corrected chi connectivity index (χ2v) is 6.01. The smallest absolute Gasteiger partial charge is 0.325 e. The van der Waals surface area contributed by atoms with Gasteiger partial charge in [0.1, 0.15) is 18.0 Å². The molecule has 0 saturated carbocycles. The largest absolute Gasteiger partial charge is 0.457 e. The highest BCUT2D eigenvalue weighted by Gasteiger charge is 2.12. The molecule has 9 nitrogen and oxygen atoms in total. The zero-order valence-corrected chi connectivity index (χ0v) is 16.5. The van der Waals surface area contributed by atoms with E-state index in [0.717, 1.165) is 0 Å². The van der Waals surface area contributed by atoms with Crippen LogP contribution in [0.1, 0.15) is 17.3 Å². The monoisotopic (exact) mass is 413 g/mol. The third kappa shape index (κ3) is 8.01. The van der Waals surface area contributed by atoms with Crippen molar-refractivity contribution in [1.29, 1.82) is 0 Å². The van der Waals surface area contributed by atoms with Crippen LogP contribution in [0.5, 0.6) is 11.5 Å². The van der Waals surface area contributed by atoms with E-state index in [1.54, 1.807) is 31.2 Å². The van der Waals surface area contributed by atoms with Crippen molar-refractivity contribution in [2.24, 2.45) is 0 Å². The van der Waals surface area contributed by atoms with Crippen molar-refractivity contribution >= 4 is 23.7 Å². The fourth-order valence-corrected chi connectivity index (χ4v) is 2.24. The molecular weight excluding hydrogens is 390 g/mol. The van der Waals surface area contributed by atoms with Crippen LogP contribution in [0.4, 0.5) is 0 Å². The van der Waals surface area contributed by atoms with E-state index in [-0.39, 0.29) is 12.5 Å². The van der Waals surface area contributed by atoms with Crippen molar-refractivity contribution in [3.63, 3.8) is 0 Å². The van der Waals surface area contributed by atoms with Crippen LogP contribution in [0.2, 0.25) is 0 Å². The number of ether oxygens (including phenoxy) is 2. The maximum atomic E-state index is 12.1. The quantitative estimate of drug-likeness (QED) is 0.500. The predicted molar refractivity (Wildman–Crippen MR) is 108 cm³/mol. The molecule has 0 unspecified atom stereocenters. The molecule has 0 aromatic heterocycles. The lowest BCUT2D eigenvalue weighted by Gasteiger charge is -2.08. The molecule has 3 amide bonds. The number of esters is 1. The molecular formula is C21H23N3O6. The second kappa shape index (κ2) is 11.8. The van der Waals surface area contributed by atoms with Gasteiger partial charge in [-0.25, -0.2) is 0 Å². The highest BCUT2D eigenvalue weighted by molar-refractivity contribution is 5.96. The fourth-order valence-electron chi connectivity index (χ4n) is 2.24. The Balaban J connectivity index is 1.70. The molecule has 2 aromatic rings. The maximum absolute atomic E-state index is 12.1. The summed E-state index contributed by atoms with van der Waals surface area (Å²) in [6.07, 6.45) is 0. The first kappa shape index (κ1) is 22.4. The van der Waals surface area contributed by atoms with Crippen LogP contribution in [0, 0.1) is 0 Å². The van der Waals surface area contributed by atoms with E-state index in [1.165, 1.54) is 0 Å². The molecule has 2 aromatic carbocycles. The molecule has 30 heavy (non-hydrogen) atoms. The van der Waals surface area contributed by atoms with Gasteiger partial charge in [-0.2, -0.15) is 0 Å². The van der Waals surface area contributed by atoms with Crippen LogP contribution >= 0.6 is 0 Å². The van der Waals surface area contributed by atoms with Crippen LogP contribution in [0.25, 0.3) is 0 Å². The fraction of sp³-hybridized carbons (Fsp3) is 0.238. The van der Waals surface area contributed by atoms with Gasteiger partial charge in [-0.1, -0.05) is 18.2 Å². The molecule has 0 aliphatic heterocycles. The van der Waals surface area contributed by atoms with E-state index >= 15 is 0 Å². The van der Waals surface area contributed by atoms with Gasteiger partial charge in [0.2, 0.25) is 5.91 Å². The zero-order chi connectivity index (χ0) is 21.8. The summed E-state index contributed by atoms with van der Waals surface area (Å²) in [7, 11) is 0. The molecule has 0 fully saturated rings. The van der Waals surface area contributed by atoms with Crippen molar-refractivity contribution in [2.45, 2.75) is 6.92 Å². The Morgan fingerprint density at radius 1 is 0.767 bits per heavy atom. The van der Waals surface area contributed by atoms with Gasteiger partial charge in [0.15, 0.2) is 6.61 Å². The zero-order valence-electron chi connectivity index (χ0n) is 16.5. The van der Waals surface area contributed by atoms with Crippen molar-refractivity contribution < 1.29 is 28.7 Å². The summed E-state index contributed by atoms with van der Waals surface area (Å²) >= 11 is 0. The number of nitrogens with one attached hydrogen (secondary N) is 3. The highest BCUT2D eigenvalue weighted by atomic mass is 16.5. The normalized spacial score (nSPS) is 9.90. The summed E-state index contributed by atoms with van der Waals surface area (Å²) in [5.74, 6) is -0.970. The van der Waals surface area contributed by atoms with Gasteiger partial charge in [0.25, 0.3) is 11.8 Å². The number of amides is 3. The molecule has 158 valence electrons. The topological polar surface area (TPSA) is 123 Å². The molecule has 0 saturated heterocycles. The van der Waals surface area contributed by atoms with Gasteiger partial charge < -0.3 is 25.4 Å². The Kier molecular flexibility index (Phi) is 8.85. The minimum absolute atomic E-state index is 0.203. The molecule has 0 aliphatic carbocycles. The molecule has 2 rings (SSSR count). The Morgan fingerprint density at radius 3 is 2.10 bits per heavy atom. The van der Waals surface area contributed by atoms with Gasteiger partial charge >= 0.3 is 5.97 Å². The van der Waals surface area contributed by atoms with E-state index in [0.29, 0.717) is 23.6 Å². The van der Waals surface area contributed by atoms with Gasteiger partial charge in [0, 0.05) is 12.1 Å². The third-order valence-electron chi connectivity index (χ3n) is 3.67. The molecule has 9 heteroatoms. The minimum atomic E-state index is -0.777. The lowest BCUT2D eigenvalue weighted by molar-refractivity contribution is -0.147. The van der Waals surface area contributed by atoms with Gasteiger partial charge in [-0.05, 0) is 43.3 Å². The average molecular weight is 413 g/mol. The number of rotatable bonds is 10. The summed E-state index contributed by atoms with van der Waals surface area (Å²) in [5.41, 5.74) is 0.336. The van der Waals surface area contributed by atoms with Crippen molar-refractivity contribution in [3.05, 3.63) is 60.2 Å². The maximum Gasteiger partial charge on any atom is 0.325 e. The summed E-state index contributed by atoms with van der Waals surface area (Å²) in [6.45, 7) is 1.06. The van der Waals surface area contributed by atoms with Crippen LogP contribution in [-0.2, 0) is 19.1 Å². The molecule has 0 bridgehead atoms. The van der Waals surface area contributed by atoms with E-state index in [9.17, 15) is 19.2 Å². The molecule has 0 spiro atoms. The minimum Gasteiger partial charge on any atom is -0.457 e. The molecule has 0 aliphatic rings. The summed E-state index contributed by atoms with van der Waals surface area (Å²) in [4.78, 5) is 46.5. The predicted octanol–water partition coefficient (Wildman–Crippen LogP) is 1.00. The van der Waals surface area contributed by atoms with E-state index < -0.39 is 30.9 Å². The molecule has 0 radical (unpaired) electrons. The van der Waals surface area contributed by atoms with Crippen LogP contribution in [-0.4, -0.2) is 49.9 Å². The van der Waals surface area contributed by atoms with Gasteiger partial charge in [0.05, 0.1) is 6.54 Å². The molecule has 3 N–H and O–H groups in total. The van der Waals surface area contributed by atoms with Crippen LogP contribution in [0.3, 0.4) is 0 Å². The Bertz CT molecular complexity index is 868. The first-order valence-electron chi connectivity index (χ1n) is 9.28. The summed E-state index contributed by atoms with van der Waals surface area (Å²) < 4.78 is 10.4. The number of hydrogen-bond donors (Lipinski definition) is 3. The Morgan fingerprint density at radius 2 is 1.43 bits per heavy atom. The number of para-hydroxylation sites is 1. The number of likely N-dealkylation sites (N-methyl/N-ethyl adjacent to an activating group) is 1. The molecule has 0 heterocycles. The number of hydrogen-bond acceptors (Lipinski definition) is 6. The Labute approximate surface area is 173 Å². The third-order valence-corrected chi connectivity index (χ3v) is 3.67. The second-order valence-electron chi connectivity index (χ2n) is 6.01. The van der Waals surface area contributed by atoms with E-state index in [2.05, 4.69) is 16.0 Å². The van der Waals surface area contributed by atoms with Crippen LogP contribution in [0.15, 0.2) is 54.6 Å². The first-order valence-corrected chi connectivity index (χ1v) is 9.28. The number of carbonyl (C=O) groups is 4. The lowest BCUT2D eigenvalue weighted by atomic mass is 10.2. The average Bonchev–Trinajstić information content (AvgIpc) is 2.76. The van der Waals surface area contributed by atoms with Gasteiger partial charge in [-0.3, -0.25) is 19.2 Å². The number of carbonyl (C=O) groups excluding carboxylic acids is 4. The van der Waals surface area contributed by atoms with Crippen molar-refractivity contribution in [3.8, 4) is 11.5 Å². The summed E-state index contributed by atoms with van der Waals surface area (Å²) in [6, 6.07) is 15.6. The Hall–Kier alpha value is -3.88. The lowest BCUT2D eigenvalue weighted by Crippen LogP contribution is -2.39. The van der Waals surface area contributed by atoms with E-state index in [4.69, 9.17) is 9.47 Å². The van der Waals surface area contributed by atoms with E-state index in [1.807, 2.05) is 30.3 Å². The number of benzene rings is 2. The first-order chi connectivity index (χ1) is 14.5. The molecule has 0 atom stereocenters. The van der Waals surface area contributed by atoms with Crippen LogP contribution < -0.4 is 20.7 Å². The standard InChI is InChI=1S/C21H23N3O6/c1-2-22-18(25)12-23-19(26)14-29-20(27)13-24-21(28)15-8-10-17(11-9-15)30-16-6-4-3-5-7-16/h3-11H,2,12-14H2,1H3,(H,22,25)(H,23,26)(H,24,28). The van der Waals surface area contributed by atoms with Gasteiger partial charge in [-0.15, -0.1) is 0 Å². The van der Waals surface area contributed by atoms with Crippen molar-refractivity contribution in [1.82, 2.24) is 16.0 Å². The summed E-state index contributed by atoms with van der Waals surface area (Å²) in [5, 5.41) is 7.23. The SMILES string of the molecule is CCNC(=O)CNC(=O)COC(=O)CNC(=O)c1ccc(Oc2ccccc2)cc1.